The Labute approximate surface area is 163 Å². The van der Waals surface area contributed by atoms with E-state index in [2.05, 4.69) is 49.7 Å². The Morgan fingerprint density at radius 1 is 0.857 bits per heavy atom. The molecule has 0 spiro atoms. The maximum Gasteiger partial charge on any atom is 0.259 e. The van der Waals surface area contributed by atoms with Crippen LogP contribution in [-0.2, 0) is 19.4 Å². The Hall–Kier alpha value is -3.54. The zero-order valence-electron chi connectivity index (χ0n) is 15.5. The maximum absolute atomic E-state index is 5.39. The molecule has 3 aromatic heterocycles. The molecule has 0 unspecified atom stereocenters. The van der Waals surface area contributed by atoms with Gasteiger partial charge in [0.05, 0.1) is 5.56 Å². The monoisotopic (exact) mass is 371 g/mol. The molecule has 0 aliphatic heterocycles. The summed E-state index contributed by atoms with van der Waals surface area (Å²) in [7, 11) is 0. The van der Waals surface area contributed by atoms with Crippen LogP contribution < -0.4 is 5.32 Å². The third-order valence-corrected chi connectivity index (χ3v) is 4.38. The van der Waals surface area contributed by atoms with Crippen LogP contribution in [-0.4, -0.2) is 20.1 Å². The van der Waals surface area contributed by atoms with Crippen molar-refractivity contribution < 1.29 is 4.52 Å². The van der Waals surface area contributed by atoms with Gasteiger partial charge in [-0.2, -0.15) is 4.98 Å². The minimum Gasteiger partial charge on any atom is -0.366 e. The van der Waals surface area contributed by atoms with Crippen LogP contribution in [0.3, 0.4) is 0 Å². The van der Waals surface area contributed by atoms with E-state index in [0.29, 0.717) is 12.4 Å². The van der Waals surface area contributed by atoms with Crippen molar-refractivity contribution >= 4 is 5.82 Å². The molecular formula is C22H21N5O. The number of hydrogen-bond donors (Lipinski definition) is 1. The Balaban J connectivity index is 1.30. The first-order chi connectivity index (χ1) is 13.9. The average molecular weight is 371 g/mol. The van der Waals surface area contributed by atoms with Crippen LogP contribution in [0.4, 0.5) is 5.82 Å². The number of nitrogens with one attached hydrogen (secondary N) is 1. The molecule has 0 saturated carbocycles. The highest BCUT2D eigenvalue weighted by Gasteiger charge is 2.09. The van der Waals surface area contributed by atoms with E-state index in [1.54, 1.807) is 12.4 Å². The quantitative estimate of drug-likeness (QED) is 0.497. The van der Waals surface area contributed by atoms with Crippen LogP contribution in [0.15, 0.2) is 77.7 Å². The topological polar surface area (TPSA) is 76.7 Å². The molecule has 28 heavy (non-hydrogen) atoms. The van der Waals surface area contributed by atoms with Crippen molar-refractivity contribution in [3.8, 4) is 11.5 Å². The predicted octanol–water partition coefficient (Wildman–Crippen LogP) is 4.31. The Bertz CT molecular complexity index is 984. The minimum absolute atomic E-state index is 0.501. The van der Waals surface area contributed by atoms with Crippen LogP contribution in [0.2, 0.25) is 0 Å². The number of rotatable bonds is 8. The summed E-state index contributed by atoms with van der Waals surface area (Å²) in [4.78, 5) is 13.0. The number of aromatic nitrogens is 4. The van der Waals surface area contributed by atoms with Gasteiger partial charge in [0.15, 0.2) is 5.82 Å². The fourth-order valence-electron chi connectivity index (χ4n) is 2.89. The molecular weight excluding hydrogens is 350 g/mol. The molecule has 0 fully saturated rings. The van der Waals surface area contributed by atoms with Crippen molar-refractivity contribution in [2.45, 2.75) is 25.8 Å². The van der Waals surface area contributed by atoms with Gasteiger partial charge in [0.1, 0.15) is 5.82 Å². The highest BCUT2D eigenvalue weighted by molar-refractivity contribution is 5.54. The summed E-state index contributed by atoms with van der Waals surface area (Å²) in [6.45, 7) is 0.673. The summed E-state index contributed by atoms with van der Waals surface area (Å²) in [5.74, 6) is 2.01. The van der Waals surface area contributed by atoms with Gasteiger partial charge >= 0.3 is 0 Å². The highest BCUT2D eigenvalue weighted by Crippen LogP contribution is 2.18. The second kappa shape index (κ2) is 8.90. The van der Waals surface area contributed by atoms with Crippen molar-refractivity contribution in [2.24, 2.45) is 0 Å². The zero-order valence-corrected chi connectivity index (χ0v) is 15.5. The molecule has 4 rings (SSSR count). The third-order valence-electron chi connectivity index (χ3n) is 4.38. The van der Waals surface area contributed by atoms with Gasteiger partial charge in [0.2, 0.25) is 0 Å². The lowest BCUT2D eigenvalue weighted by Gasteiger charge is -2.05. The van der Waals surface area contributed by atoms with Gasteiger partial charge in [-0.05, 0) is 42.2 Å². The van der Waals surface area contributed by atoms with Gasteiger partial charge in [-0.15, -0.1) is 0 Å². The molecule has 0 amide bonds. The summed E-state index contributed by atoms with van der Waals surface area (Å²) < 4.78 is 5.39. The number of aryl methyl sites for hydroxylation is 2. The van der Waals surface area contributed by atoms with E-state index in [9.17, 15) is 0 Å². The number of pyridine rings is 2. The van der Waals surface area contributed by atoms with Crippen LogP contribution in [0.25, 0.3) is 11.5 Å². The van der Waals surface area contributed by atoms with E-state index in [1.807, 2.05) is 36.5 Å². The molecule has 3 heterocycles. The molecule has 1 aromatic carbocycles. The van der Waals surface area contributed by atoms with Crippen molar-refractivity contribution in [1.29, 1.82) is 0 Å². The lowest BCUT2D eigenvalue weighted by atomic mass is 10.1. The highest BCUT2D eigenvalue weighted by atomic mass is 16.5. The van der Waals surface area contributed by atoms with E-state index in [0.717, 1.165) is 42.0 Å². The summed E-state index contributed by atoms with van der Waals surface area (Å²) in [6, 6.07) is 18.2. The Kier molecular flexibility index (Phi) is 5.68. The molecule has 0 radical (unpaired) electrons. The van der Waals surface area contributed by atoms with E-state index < -0.39 is 0 Å². The van der Waals surface area contributed by atoms with Crippen LogP contribution in [0, 0.1) is 0 Å². The average Bonchev–Trinajstić information content (AvgIpc) is 3.23. The van der Waals surface area contributed by atoms with Crippen LogP contribution >= 0.6 is 0 Å². The molecule has 0 atom stereocenters. The van der Waals surface area contributed by atoms with Gasteiger partial charge in [-0.25, -0.2) is 4.98 Å². The number of anilines is 1. The summed E-state index contributed by atoms with van der Waals surface area (Å²) in [5.41, 5.74) is 3.24. The predicted molar refractivity (Wildman–Crippen MR) is 108 cm³/mol. The van der Waals surface area contributed by atoms with Gasteiger partial charge in [0.25, 0.3) is 5.89 Å². The van der Waals surface area contributed by atoms with Crippen molar-refractivity contribution in [1.82, 2.24) is 20.1 Å². The van der Waals surface area contributed by atoms with Crippen molar-refractivity contribution in [3.05, 3.63) is 90.1 Å². The SMILES string of the molecule is c1ccc(CCCc2noc(-c3ccc(NCc4cccnc4)nc3)n2)cc1. The first-order valence-corrected chi connectivity index (χ1v) is 9.32. The number of benzene rings is 1. The first kappa shape index (κ1) is 17.9. The second-order valence-corrected chi connectivity index (χ2v) is 6.50. The normalized spacial score (nSPS) is 10.7. The Morgan fingerprint density at radius 2 is 1.75 bits per heavy atom. The van der Waals surface area contributed by atoms with Gasteiger partial charge in [0, 0.05) is 31.6 Å². The van der Waals surface area contributed by atoms with E-state index >= 15 is 0 Å². The molecule has 0 aliphatic rings. The lowest BCUT2D eigenvalue weighted by molar-refractivity contribution is 0.421. The van der Waals surface area contributed by atoms with Gasteiger partial charge < -0.3 is 9.84 Å². The number of hydrogen-bond acceptors (Lipinski definition) is 6. The zero-order chi connectivity index (χ0) is 19.0. The maximum atomic E-state index is 5.39. The summed E-state index contributed by atoms with van der Waals surface area (Å²) in [6.07, 6.45) is 8.11. The fourth-order valence-corrected chi connectivity index (χ4v) is 2.89. The molecule has 1 N–H and O–H groups in total. The summed E-state index contributed by atoms with van der Waals surface area (Å²) >= 11 is 0. The Morgan fingerprint density at radius 3 is 2.54 bits per heavy atom. The molecule has 6 nitrogen and oxygen atoms in total. The van der Waals surface area contributed by atoms with E-state index in [4.69, 9.17) is 4.52 Å². The smallest absolute Gasteiger partial charge is 0.259 e. The molecule has 0 saturated heterocycles. The van der Waals surface area contributed by atoms with Gasteiger partial charge in [-0.1, -0.05) is 41.6 Å². The lowest BCUT2D eigenvalue weighted by Crippen LogP contribution is -2.01. The number of nitrogens with zero attached hydrogens (tertiary/aromatic N) is 4. The van der Waals surface area contributed by atoms with Crippen molar-refractivity contribution in [3.63, 3.8) is 0 Å². The largest absolute Gasteiger partial charge is 0.366 e. The molecule has 140 valence electrons. The molecule has 0 bridgehead atoms. The minimum atomic E-state index is 0.501. The fraction of sp³-hybridized carbons (Fsp3) is 0.182. The molecule has 4 aromatic rings. The molecule has 0 aliphatic carbocycles. The van der Waals surface area contributed by atoms with Crippen molar-refractivity contribution in [2.75, 3.05) is 5.32 Å². The summed E-state index contributed by atoms with van der Waals surface area (Å²) in [5, 5.41) is 7.36. The van der Waals surface area contributed by atoms with Gasteiger partial charge in [-0.3, -0.25) is 4.98 Å². The van der Waals surface area contributed by atoms with Crippen LogP contribution in [0.1, 0.15) is 23.4 Å². The van der Waals surface area contributed by atoms with E-state index in [-0.39, 0.29) is 0 Å². The molecule has 6 heteroatoms. The first-order valence-electron chi connectivity index (χ1n) is 9.32. The third kappa shape index (κ3) is 4.79. The van der Waals surface area contributed by atoms with Crippen LogP contribution in [0.5, 0.6) is 0 Å². The second-order valence-electron chi connectivity index (χ2n) is 6.50. The standard InChI is InChI=1S/C22H21N5O/c1-2-6-17(7-3-1)8-4-10-21-26-22(28-27-21)19-11-12-20(25-16-19)24-15-18-9-5-13-23-14-18/h1-3,5-7,9,11-14,16H,4,8,10,15H2,(H,24,25). The van der Waals surface area contributed by atoms with E-state index in [1.165, 1.54) is 5.56 Å².